The summed E-state index contributed by atoms with van der Waals surface area (Å²) < 4.78 is 9.96. The molecule has 0 atom stereocenters. The van der Waals surface area contributed by atoms with Gasteiger partial charge in [-0.25, -0.2) is 4.98 Å². The van der Waals surface area contributed by atoms with E-state index in [2.05, 4.69) is 31.2 Å². The van der Waals surface area contributed by atoms with Gasteiger partial charge in [-0.15, -0.1) is 0 Å². The van der Waals surface area contributed by atoms with E-state index in [1.165, 1.54) is 10.6 Å². The van der Waals surface area contributed by atoms with E-state index < -0.39 is 0 Å². The third-order valence-electron chi connectivity index (χ3n) is 4.86. The van der Waals surface area contributed by atoms with Crippen molar-refractivity contribution in [3.05, 3.63) is 86.5 Å². The maximum atomic E-state index is 12.5. The van der Waals surface area contributed by atoms with E-state index >= 15 is 0 Å². The Morgan fingerprint density at radius 3 is 2.81 bits per heavy atom. The van der Waals surface area contributed by atoms with E-state index in [1.807, 2.05) is 32.0 Å². The quantitative estimate of drug-likeness (QED) is 0.414. The van der Waals surface area contributed by atoms with Crippen LogP contribution in [0.3, 0.4) is 0 Å². The zero-order valence-corrected chi connectivity index (χ0v) is 19.3. The SMILES string of the molecule is CCCn1cnc2nc(COc3cc(NC(=O)c4cccc(Br)c4)ccc3C)cc(=O)n21. The lowest BCUT2D eigenvalue weighted by molar-refractivity contribution is 0.102. The van der Waals surface area contributed by atoms with Crippen LogP contribution < -0.4 is 15.6 Å². The lowest BCUT2D eigenvalue weighted by Crippen LogP contribution is -2.22. The first-order valence-corrected chi connectivity index (χ1v) is 11.0. The van der Waals surface area contributed by atoms with Gasteiger partial charge in [0.1, 0.15) is 18.7 Å². The summed E-state index contributed by atoms with van der Waals surface area (Å²) in [5, 5.41) is 2.88. The molecule has 8 nitrogen and oxygen atoms in total. The molecule has 0 aliphatic rings. The Balaban J connectivity index is 1.50. The van der Waals surface area contributed by atoms with Crippen LogP contribution in [0.5, 0.6) is 5.75 Å². The van der Waals surface area contributed by atoms with E-state index in [4.69, 9.17) is 4.74 Å². The molecule has 0 bridgehead atoms. The van der Waals surface area contributed by atoms with Crippen LogP contribution in [0.1, 0.15) is 35.0 Å². The molecule has 164 valence electrons. The summed E-state index contributed by atoms with van der Waals surface area (Å²) in [5.41, 5.74) is 2.33. The van der Waals surface area contributed by atoms with Gasteiger partial charge in [0.15, 0.2) is 0 Å². The molecule has 4 aromatic rings. The first-order chi connectivity index (χ1) is 15.4. The Morgan fingerprint density at radius 1 is 1.19 bits per heavy atom. The Kier molecular flexibility index (Phi) is 6.36. The van der Waals surface area contributed by atoms with Crippen molar-refractivity contribution >= 4 is 33.3 Å². The number of halogens is 1. The highest BCUT2D eigenvalue weighted by atomic mass is 79.9. The van der Waals surface area contributed by atoms with Crippen LogP contribution in [0.4, 0.5) is 5.69 Å². The van der Waals surface area contributed by atoms with Gasteiger partial charge in [0.25, 0.3) is 17.2 Å². The molecule has 1 N–H and O–H groups in total. The number of amides is 1. The average Bonchev–Trinajstić information content (AvgIpc) is 3.17. The predicted molar refractivity (Wildman–Crippen MR) is 125 cm³/mol. The lowest BCUT2D eigenvalue weighted by atomic mass is 10.1. The van der Waals surface area contributed by atoms with Gasteiger partial charge in [-0.1, -0.05) is 35.0 Å². The molecular weight excluding hydrogens is 474 g/mol. The number of ether oxygens (including phenoxy) is 1. The molecule has 4 rings (SSSR count). The summed E-state index contributed by atoms with van der Waals surface area (Å²) in [7, 11) is 0. The van der Waals surface area contributed by atoms with Crippen LogP contribution in [-0.2, 0) is 13.2 Å². The first-order valence-electron chi connectivity index (χ1n) is 10.2. The van der Waals surface area contributed by atoms with Gasteiger partial charge in [-0.05, 0) is 43.2 Å². The molecule has 0 saturated heterocycles. The molecule has 0 spiro atoms. The molecule has 32 heavy (non-hydrogen) atoms. The van der Waals surface area contributed by atoms with Crippen LogP contribution >= 0.6 is 15.9 Å². The van der Waals surface area contributed by atoms with E-state index in [-0.39, 0.29) is 18.1 Å². The van der Waals surface area contributed by atoms with Crippen LogP contribution in [0.25, 0.3) is 5.78 Å². The summed E-state index contributed by atoms with van der Waals surface area (Å²) in [5.74, 6) is 0.718. The minimum absolute atomic E-state index is 0.107. The Bertz CT molecular complexity index is 1350. The van der Waals surface area contributed by atoms with Gasteiger partial charge in [0.2, 0.25) is 0 Å². The number of carbonyl (C=O) groups is 1. The third kappa shape index (κ3) is 4.72. The smallest absolute Gasteiger partial charge is 0.274 e. The second-order valence-corrected chi connectivity index (χ2v) is 8.25. The van der Waals surface area contributed by atoms with Crippen molar-refractivity contribution in [2.75, 3.05) is 5.32 Å². The monoisotopic (exact) mass is 495 g/mol. The van der Waals surface area contributed by atoms with Crippen LogP contribution in [0.15, 0.2) is 64.1 Å². The van der Waals surface area contributed by atoms with E-state index in [9.17, 15) is 9.59 Å². The van der Waals surface area contributed by atoms with Gasteiger partial charge in [0, 0.05) is 34.4 Å². The summed E-state index contributed by atoms with van der Waals surface area (Å²) in [6.07, 6.45) is 2.50. The van der Waals surface area contributed by atoms with Crippen LogP contribution in [0, 0.1) is 6.92 Å². The van der Waals surface area contributed by atoms with E-state index in [0.29, 0.717) is 35.0 Å². The summed E-state index contributed by atoms with van der Waals surface area (Å²) in [4.78, 5) is 33.7. The summed E-state index contributed by atoms with van der Waals surface area (Å²) >= 11 is 3.37. The third-order valence-corrected chi connectivity index (χ3v) is 5.35. The van der Waals surface area contributed by atoms with Gasteiger partial charge in [-0.3, -0.25) is 14.3 Å². The van der Waals surface area contributed by atoms with Crippen molar-refractivity contribution in [2.24, 2.45) is 0 Å². The van der Waals surface area contributed by atoms with Crippen molar-refractivity contribution in [1.82, 2.24) is 19.2 Å². The molecule has 1 amide bonds. The Hall–Kier alpha value is -3.46. The number of carbonyl (C=O) groups excluding carboxylic acids is 1. The minimum Gasteiger partial charge on any atom is -0.487 e. The maximum Gasteiger partial charge on any atom is 0.274 e. The number of aromatic nitrogens is 4. The number of fused-ring (bicyclic) bond motifs is 1. The number of hydrogen-bond acceptors (Lipinski definition) is 5. The van der Waals surface area contributed by atoms with Crippen molar-refractivity contribution in [1.29, 1.82) is 0 Å². The topological polar surface area (TPSA) is 90.5 Å². The Labute approximate surface area is 193 Å². The van der Waals surface area contributed by atoms with E-state index in [1.54, 1.807) is 35.3 Å². The number of benzene rings is 2. The number of nitrogens with zero attached hydrogens (tertiary/aromatic N) is 4. The molecule has 0 radical (unpaired) electrons. The average molecular weight is 496 g/mol. The number of nitrogens with one attached hydrogen (secondary N) is 1. The van der Waals surface area contributed by atoms with Crippen molar-refractivity contribution in [3.8, 4) is 5.75 Å². The highest BCUT2D eigenvalue weighted by Crippen LogP contribution is 2.24. The second-order valence-electron chi connectivity index (χ2n) is 7.34. The molecule has 2 heterocycles. The molecule has 0 fully saturated rings. The highest BCUT2D eigenvalue weighted by Gasteiger charge is 2.11. The Morgan fingerprint density at radius 2 is 2.03 bits per heavy atom. The van der Waals surface area contributed by atoms with E-state index in [0.717, 1.165) is 16.5 Å². The fraction of sp³-hybridized carbons (Fsp3) is 0.217. The molecule has 0 aliphatic carbocycles. The normalized spacial score (nSPS) is 11.0. The highest BCUT2D eigenvalue weighted by molar-refractivity contribution is 9.10. The second kappa shape index (κ2) is 9.35. The lowest BCUT2D eigenvalue weighted by Gasteiger charge is -2.12. The molecular formula is C23H22BrN5O3. The molecule has 2 aromatic heterocycles. The fourth-order valence-electron chi connectivity index (χ4n) is 3.28. The molecule has 9 heteroatoms. The largest absolute Gasteiger partial charge is 0.487 e. The van der Waals surface area contributed by atoms with Crippen molar-refractivity contribution < 1.29 is 9.53 Å². The van der Waals surface area contributed by atoms with Gasteiger partial charge >= 0.3 is 0 Å². The zero-order chi connectivity index (χ0) is 22.7. The standard InChI is InChI=1S/C23H22BrN5O3/c1-3-9-28-14-25-23-27-19(12-21(30)29(23)28)13-32-20-11-18(8-7-15(20)2)26-22(31)16-5-4-6-17(24)10-16/h4-8,10-12,14H,3,9,13H2,1-2H3,(H,26,31). The molecule has 2 aromatic carbocycles. The summed E-state index contributed by atoms with van der Waals surface area (Å²) in [6.45, 7) is 4.74. The summed E-state index contributed by atoms with van der Waals surface area (Å²) in [6, 6.07) is 14.1. The predicted octanol–water partition coefficient (Wildman–Crippen LogP) is 4.20. The molecule has 0 unspecified atom stereocenters. The first kappa shape index (κ1) is 21.8. The van der Waals surface area contributed by atoms with Gasteiger partial charge in [0.05, 0.1) is 5.69 Å². The number of anilines is 1. The molecule has 0 saturated carbocycles. The zero-order valence-electron chi connectivity index (χ0n) is 17.7. The minimum atomic E-state index is -0.219. The number of rotatable bonds is 7. The van der Waals surface area contributed by atoms with Crippen LogP contribution in [0.2, 0.25) is 0 Å². The van der Waals surface area contributed by atoms with Crippen molar-refractivity contribution in [2.45, 2.75) is 33.4 Å². The fourth-order valence-corrected chi connectivity index (χ4v) is 3.68. The molecule has 0 aliphatic heterocycles. The maximum absolute atomic E-state index is 12.5. The van der Waals surface area contributed by atoms with Gasteiger partial charge in [-0.2, -0.15) is 9.50 Å². The van der Waals surface area contributed by atoms with Crippen LogP contribution in [-0.4, -0.2) is 25.1 Å². The van der Waals surface area contributed by atoms with Crippen molar-refractivity contribution in [3.63, 3.8) is 0 Å². The van der Waals surface area contributed by atoms with Gasteiger partial charge < -0.3 is 10.1 Å². The number of aryl methyl sites for hydroxylation is 2. The number of hydrogen-bond donors (Lipinski definition) is 1.